The van der Waals surface area contributed by atoms with Crippen LogP contribution in [0.5, 0.6) is 0 Å². The van der Waals surface area contributed by atoms with Gasteiger partial charge in [0.25, 0.3) is 0 Å². The van der Waals surface area contributed by atoms with E-state index in [0.717, 1.165) is 50.3 Å². The zero-order valence-corrected chi connectivity index (χ0v) is 16.9. The quantitative estimate of drug-likeness (QED) is 0.854. The average Bonchev–Trinajstić information content (AvgIpc) is 3.40. The zero-order valence-electron chi connectivity index (χ0n) is 16.9. The standard InChI is InChI=1S/C22H29N5O2/c1-15-8-11-26(22(28)29-13-16-5-3-2-4-6-16)18-9-12-27(19(15)18)21-17-7-10-23-20(17)24-14-25-21/h2-6,14-15,17-19,21H,7-13H2,1H3,(H,23,24,25). The molecule has 5 atom stereocenters. The Hall–Kier alpha value is -2.41. The normalized spacial score (nSPS) is 33.6. The number of carbonyl (C=O) groups excluding carboxylic acids is 1. The van der Waals surface area contributed by atoms with Crippen molar-refractivity contribution >= 4 is 18.3 Å². The highest BCUT2D eigenvalue weighted by atomic mass is 16.6. The molecule has 0 aromatic heterocycles. The summed E-state index contributed by atoms with van der Waals surface area (Å²) in [7, 11) is 0. The lowest BCUT2D eigenvalue weighted by atomic mass is 9.86. The van der Waals surface area contributed by atoms with E-state index >= 15 is 0 Å². The third-order valence-electron chi connectivity index (χ3n) is 6.92. The Balaban J connectivity index is 1.29. The van der Waals surface area contributed by atoms with E-state index in [2.05, 4.69) is 22.1 Å². The third-order valence-corrected chi connectivity index (χ3v) is 6.92. The fourth-order valence-corrected chi connectivity index (χ4v) is 5.51. The van der Waals surface area contributed by atoms with E-state index in [9.17, 15) is 4.79 Å². The number of nitrogens with zero attached hydrogens (tertiary/aromatic N) is 4. The molecule has 5 unspecified atom stereocenters. The number of ether oxygens (including phenoxy) is 1. The molecule has 4 heterocycles. The molecule has 1 amide bonds. The molecule has 7 nitrogen and oxygen atoms in total. The summed E-state index contributed by atoms with van der Waals surface area (Å²) in [5.41, 5.74) is 1.02. The van der Waals surface area contributed by atoms with Crippen LogP contribution in [-0.4, -0.2) is 66.0 Å². The van der Waals surface area contributed by atoms with Crippen molar-refractivity contribution in [2.24, 2.45) is 21.8 Å². The van der Waals surface area contributed by atoms with E-state index < -0.39 is 0 Å². The summed E-state index contributed by atoms with van der Waals surface area (Å²) >= 11 is 0. The molecule has 4 aliphatic rings. The fourth-order valence-electron chi connectivity index (χ4n) is 5.51. The maximum atomic E-state index is 12.9. The van der Waals surface area contributed by atoms with Gasteiger partial charge in [-0.2, -0.15) is 0 Å². The SMILES string of the molecule is CC1CCN(C(=O)OCc2ccccc2)C2CCN(C3N=CNC4=NCCC43)C12. The molecule has 0 spiro atoms. The molecule has 1 N–H and O–H groups in total. The molecule has 0 aliphatic carbocycles. The molecule has 7 heteroatoms. The van der Waals surface area contributed by atoms with E-state index in [1.165, 1.54) is 0 Å². The van der Waals surface area contributed by atoms with Crippen molar-refractivity contribution < 1.29 is 9.53 Å². The number of carbonyl (C=O) groups is 1. The molecular formula is C22H29N5O2. The average molecular weight is 396 g/mol. The van der Waals surface area contributed by atoms with Gasteiger partial charge in [-0.1, -0.05) is 37.3 Å². The van der Waals surface area contributed by atoms with Crippen LogP contribution in [0.1, 0.15) is 31.7 Å². The number of likely N-dealkylation sites (tertiary alicyclic amines) is 2. The van der Waals surface area contributed by atoms with E-state index in [1.54, 1.807) is 6.34 Å². The van der Waals surface area contributed by atoms with Crippen LogP contribution in [0.15, 0.2) is 40.3 Å². The van der Waals surface area contributed by atoms with Gasteiger partial charge in [-0.15, -0.1) is 0 Å². The summed E-state index contributed by atoms with van der Waals surface area (Å²) < 4.78 is 5.67. The van der Waals surface area contributed by atoms with Crippen LogP contribution >= 0.6 is 0 Å². The molecule has 0 saturated carbocycles. The second-order valence-corrected chi connectivity index (χ2v) is 8.58. The molecule has 29 heavy (non-hydrogen) atoms. The highest BCUT2D eigenvalue weighted by Gasteiger charge is 2.50. The lowest BCUT2D eigenvalue weighted by Crippen LogP contribution is -2.59. The van der Waals surface area contributed by atoms with Gasteiger partial charge in [-0.3, -0.25) is 14.9 Å². The van der Waals surface area contributed by atoms with Crippen LogP contribution in [0.2, 0.25) is 0 Å². The van der Waals surface area contributed by atoms with Crippen LogP contribution < -0.4 is 5.32 Å². The molecule has 5 rings (SSSR count). The number of hydrogen-bond donors (Lipinski definition) is 1. The molecule has 1 aromatic rings. The van der Waals surface area contributed by atoms with E-state index in [0.29, 0.717) is 24.5 Å². The van der Waals surface area contributed by atoms with Gasteiger partial charge >= 0.3 is 6.09 Å². The molecule has 2 fully saturated rings. The van der Waals surface area contributed by atoms with Crippen molar-refractivity contribution in [3.63, 3.8) is 0 Å². The predicted octanol–water partition coefficient (Wildman–Crippen LogP) is 2.48. The first-order chi connectivity index (χ1) is 14.2. The number of nitrogens with one attached hydrogen (secondary N) is 1. The fraction of sp³-hybridized carbons (Fsp3) is 0.591. The maximum absolute atomic E-state index is 12.9. The summed E-state index contributed by atoms with van der Waals surface area (Å²) in [5.74, 6) is 1.97. The Morgan fingerprint density at radius 3 is 2.93 bits per heavy atom. The number of amides is 1. The number of rotatable bonds is 3. The predicted molar refractivity (Wildman–Crippen MR) is 112 cm³/mol. The number of benzene rings is 1. The number of hydrogen-bond acceptors (Lipinski definition) is 6. The molecular weight excluding hydrogens is 366 g/mol. The van der Waals surface area contributed by atoms with Crippen molar-refractivity contribution in [3.05, 3.63) is 35.9 Å². The van der Waals surface area contributed by atoms with Crippen molar-refractivity contribution in [2.75, 3.05) is 19.6 Å². The summed E-state index contributed by atoms with van der Waals surface area (Å²) in [5, 5.41) is 3.22. The van der Waals surface area contributed by atoms with Gasteiger partial charge in [0.2, 0.25) is 0 Å². The number of amidine groups is 1. The lowest BCUT2D eigenvalue weighted by Gasteiger charge is -2.45. The second-order valence-electron chi connectivity index (χ2n) is 8.58. The topological polar surface area (TPSA) is 69.5 Å². The van der Waals surface area contributed by atoms with Crippen LogP contribution in [-0.2, 0) is 11.3 Å². The Morgan fingerprint density at radius 1 is 1.21 bits per heavy atom. The van der Waals surface area contributed by atoms with Crippen molar-refractivity contribution in [3.8, 4) is 0 Å². The first-order valence-corrected chi connectivity index (χ1v) is 10.8. The molecule has 0 radical (unpaired) electrons. The van der Waals surface area contributed by atoms with Crippen LogP contribution in [0.4, 0.5) is 4.79 Å². The molecule has 2 saturated heterocycles. The van der Waals surface area contributed by atoms with Gasteiger partial charge in [0, 0.05) is 25.7 Å². The van der Waals surface area contributed by atoms with Crippen molar-refractivity contribution in [2.45, 2.75) is 51.0 Å². The molecule has 4 aliphatic heterocycles. The summed E-state index contributed by atoms with van der Waals surface area (Å²) in [4.78, 5) is 26.8. The Labute approximate surface area is 171 Å². The second kappa shape index (κ2) is 7.78. The first-order valence-electron chi connectivity index (χ1n) is 10.8. The van der Waals surface area contributed by atoms with Crippen molar-refractivity contribution in [1.82, 2.24) is 15.1 Å². The minimum Gasteiger partial charge on any atom is -0.445 e. The highest BCUT2D eigenvalue weighted by Crippen LogP contribution is 2.39. The summed E-state index contributed by atoms with van der Waals surface area (Å²) in [6, 6.07) is 10.4. The number of aliphatic imine (C=N–C) groups is 2. The third kappa shape index (κ3) is 3.41. The van der Waals surface area contributed by atoms with Gasteiger partial charge in [0.15, 0.2) is 0 Å². The Bertz CT molecular complexity index is 811. The minimum atomic E-state index is -0.186. The van der Waals surface area contributed by atoms with Gasteiger partial charge in [-0.05, 0) is 30.7 Å². The van der Waals surface area contributed by atoms with Gasteiger partial charge in [0.1, 0.15) is 18.6 Å². The van der Waals surface area contributed by atoms with Crippen molar-refractivity contribution in [1.29, 1.82) is 0 Å². The minimum absolute atomic E-state index is 0.134. The number of fused-ring (bicyclic) bond motifs is 2. The van der Waals surface area contributed by atoms with E-state index in [4.69, 9.17) is 9.73 Å². The monoisotopic (exact) mass is 395 g/mol. The first kappa shape index (κ1) is 18.6. The van der Waals surface area contributed by atoms with Gasteiger partial charge < -0.3 is 15.0 Å². The summed E-state index contributed by atoms with van der Waals surface area (Å²) in [6.07, 6.45) is 4.78. The van der Waals surface area contributed by atoms with Crippen LogP contribution in [0.3, 0.4) is 0 Å². The molecule has 154 valence electrons. The summed E-state index contributed by atoms with van der Waals surface area (Å²) in [6.45, 7) is 5.26. The molecule has 1 aromatic carbocycles. The largest absolute Gasteiger partial charge is 0.445 e. The van der Waals surface area contributed by atoms with E-state index in [1.807, 2.05) is 35.2 Å². The van der Waals surface area contributed by atoms with E-state index in [-0.39, 0.29) is 18.3 Å². The van der Waals surface area contributed by atoms with Crippen LogP contribution in [0.25, 0.3) is 0 Å². The molecule has 0 bridgehead atoms. The Kier molecular flexibility index (Phi) is 4.99. The van der Waals surface area contributed by atoms with Crippen LogP contribution in [0, 0.1) is 11.8 Å². The van der Waals surface area contributed by atoms with Gasteiger partial charge in [-0.25, -0.2) is 4.79 Å². The lowest BCUT2D eigenvalue weighted by molar-refractivity contribution is 0.0199. The highest BCUT2D eigenvalue weighted by molar-refractivity contribution is 5.96. The van der Waals surface area contributed by atoms with Gasteiger partial charge in [0.05, 0.1) is 18.3 Å². The zero-order chi connectivity index (χ0) is 19.8. The Morgan fingerprint density at radius 2 is 2.07 bits per heavy atom. The number of piperidine rings is 1. The maximum Gasteiger partial charge on any atom is 0.410 e. The smallest absolute Gasteiger partial charge is 0.410 e.